The van der Waals surface area contributed by atoms with Crippen molar-refractivity contribution in [3.8, 4) is 17.0 Å². The van der Waals surface area contributed by atoms with Crippen LogP contribution in [0.5, 0.6) is 5.75 Å². The molecule has 2 N–H and O–H groups in total. The molecule has 1 heterocycles. The van der Waals surface area contributed by atoms with E-state index in [1.54, 1.807) is 37.3 Å². The second kappa shape index (κ2) is 7.58. The molecule has 3 rings (SSSR count). The Hall–Kier alpha value is -2.86. The second-order valence-electron chi connectivity index (χ2n) is 5.75. The van der Waals surface area contributed by atoms with Crippen LogP contribution in [0.4, 0.5) is 4.39 Å². The number of H-pyrrole nitrogens is 1. The lowest BCUT2D eigenvalue weighted by molar-refractivity contribution is 0.0940. The van der Waals surface area contributed by atoms with E-state index < -0.39 is 11.9 Å². The maximum absolute atomic E-state index is 13.9. The van der Waals surface area contributed by atoms with Gasteiger partial charge in [-0.05, 0) is 36.8 Å². The molecule has 0 aliphatic heterocycles. The zero-order valence-corrected chi connectivity index (χ0v) is 15.0. The lowest BCUT2D eigenvalue weighted by atomic mass is 10.1. The Morgan fingerprint density at radius 2 is 2.00 bits per heavy atom. The Kier molecular flexibility index (Phi) is 5.23. The average Bonchev–Trinajstić information content (AvgIpc) is 3.12. The van der Waals surface area contributed by atoms with Gasteiger partial charge in [0.15, 0.2) is 11.6 Å². The number of rotatable bonds is 5. The fourth-order valence-electron chi connectivity index (χ4n) is 2.60. The summed E-state index contributed by atoms with van der Waals surface area (Å²) < 4.78 is 18.8. The van der Waals surface area contributed by atoms with E-state index in [1.165, 1.54) is 25.4 Å². The van der Waals surface area contributed by atoms with Gasteiger partial charge in [-0.3, -0.25) is 9.89 Å². The van der Waals surface area contributed by atoms with E-state index in [-0.39, 0.29) is 11.7 Å². The molecule has 1 aromatic heterocycles. The molecular weight excluding hydrogens is 357 g/mol. The molecule has 2 aromatic carbocycles. The highest BCUT2D eigenvalue weighted by Crippen LogP contribution is 2.25. The van der Waals surface area contributed by atoms with Gasteiger partial charge < -0.3 is 10.1 Å². The minimum absolute atomic E-state index is 0.159. The molecule has 0 fully saturated rings. The fourth-order valence-corrected chi connectivity index (χ4v) is 2.73. The maximum atomic E-state index is 13.9. The van der Waals surface area contributed by atoms with E-state index in [0.717, 1.165) is 5.56 Å². The van der Waals surface area contributed by atoms with Crippen LogP contribution in [0.3, 0.4) is 0 Å². The van der Waals surface area contributed by atoms with Crippen LogP contribution < -0.4 is 10.1 Å². The van der Waals surface area contributed by atoms with E-state index in [1.807, 2.05) is 0 Å². The van der Waals surface area contributed by atoms with Crippen LogP contribution in [0, 0.1) is 5.82 Å². The first-order valence-electron chi connectivity index (χ1n) is 7.93. The van der Waals surface area contributed by atoms with Crippen LogP contribution in [0.15, 0.2) is 48.7 Å². The van der Waals surface area contributed by atoms with Crippen LogP contribution in [-0.2, 0) is 0 Å². The molecular formula is C19H17ClFN3O2. The van der Waals surface area contributed by atoms with E-state index in [0.29, 0.717) is 21.8 Å². The summed E-state index contributed by atoms with van der Waals surface area (Å²) >= 11 is 5.90. The van der Waals surface area contributed by atoms with Crippen LogP contribution in [0.25, 0.3) is 11.3 Å². The summed E-state index contributed by atoms with van der Waals surface area (Å²) in [6, 6.07) is 11.3. The fraction of sp³-hybridized carbons (Fsp3) is 0.158. The molecule has 7 heteroatoms. The third-order valence-corrected chi connectivity index (χ3v) is 4.29. The van der Waals surface area contributed by atoms with Crippen molar-refractivity contribution in [3.05, 3.63) is 70.6 Å². The van der Waals surface area contributed by atoms with Crippen molar-refractivity contribution in [2.45, 2.75) is 13.0 Å². The highest BCUT2D eigenvalue weighted by molar-refractivity contribution is 6.30. The first kappa shape index (κ1) is 17.9. The molecule has 134 valence electrons. The molecule has 26 heavy (non-hydrogen) atoms. The van der Waals surface area contributed by atoms with Gasteiger partial charge >= 0.3 is 0 Å². The summed E-state index contributed by atoms with van der Waals surface area (Å²) in [5.74, 6) is -0.629. The number of methoxy groups -OCH3 is 1. The summed E-state index contributed by atoms with van der Waals surface area (Å²) in [7, 11) is 1.40. The molecule has 1 unspecified atom stereocenters. The van der Waals surface area contributed by atoms with Gasteiger partial charge in [0.05, 0.1) is 30.6 Å². The van der Waals surface area contributed by atoms with Gasteiger partial charge in [-0.15, -0.1) is 0 Å². The van der Waals surface area contributed by atoms with Crippen molar-refractivity contribution in [3.63, 3.8) is 0 Å². The summed E-state index contributed by atoms with van der Waals surface area (Å²) in [5, 5.41) is 10.3. The lowest BCUT2D eigenvalue weighted by Crippen LogP contribution is -2.26. The van der Waals surface area contributed by atoms with Crippen LogP contribution in [0.2, 0.25) is 5.02 Å². The van der Waals surface area contributed by atoms with Crippen LogP contribution in [-0.4, -0.2) is 23.2 Å². The monoisotopic (exact) mass is 373 g/mol. The third kappa shape index (κ3) is 3.70. The predicted octanol–water partition coefficient (Wildman–Crippen LogP) is 4.37. The van der Waals surface area contributed by atoms with Gasteiger partial charge in [0.1, 0.15) is 0 Å². The molecule has 0 aliphatic rings. The number of halogens is 2. The maximum Gasteiger partial charge on any atom is 0.255 e. The topological polar surface area (TPSA) is 67.0 Å². The standard InChI is InChI=1S/C19H17ClFN3O2/c1-11(13-5-8-17(26-2)16(21)9-13)23-19(25)15-10-22-24-18(15)12-3-6-14(20)7-4-12/h3-11H,1-2H3,(H,22,24)(H,23,25). The number of amides is 1. The van der Waals surface area contributed by atoms with Gasteiger partial charge in [0, 0.05) is 10.6 Å². The molecule has 1 atom stereocenters. The normalized spacial score (nSPS) is 11.8. The molecule has 0 saturated carbocycles. The Labute approximate surface area is 155 Å². The first-order valence-corrected chi connectivity index (χ1v) is 8.31. The Morgan fingerprint density at radius 1 is 1.27 bits per heavy atom. The number of aromatic amines is 1. The van der Waals surface area contributed by atoms with Gasteiger partial charge in [0.25, 0.3) is 5.91 Å². The highest BCUT2D eigenvalue weighted by atomic mass is 35.5. The average molecular weight is 374 g/mol. The molecule has 1 amide bonds. The molecule has 0 bridgehead atoms. The van der Waals surface area contributed by atoms with Crippen molar-refractivity contribution in [2.75, 3.05) is 7.11 Å². The van der Waals surface area contributed by atoms with Gasteiger partial charge in [-0.1, -0.05) is 29.8 Å². The Morgan fingerprint density at radius 3 is 2.65 bits per heavy atom. The minimum Gasteiger partial charge on any atom is -0.494 e. The number of hydrogen-bond acceptors (Lipinski definition) is 3. The summed E-state index contributed by atoms with van der Waals surface area (Å²) in [4.78, 5) is 12.6. The van der Waals surface area contributed by atoms with Gasteiger partial charge in [-0.25, -0.2) is 4.39 Å². The molecule has 0 radical (unpaired) electrons. The molecule has 0 spiro atoms. The predicted molar refractivity (Wildman–Crippen MR) is 97.9 cm³/mol. The Balaban J connectivity index is 1.79. The number of aromatic nitrogens is 2. The third-order valence-electron chi connectivity index (χ3n) is 4.04. The number of nitrogens with one attached hydrogen (secondary N) is 2. The Bertz CT molecular complexity index is 925. The quantitative estimate of drug-likeness (QED) is 0.697. The molecule has 5 nitrogen and oxygen atoms in total. The van der Waals surface area contributed by atoms with E-state index >= 15 is 0 Å². The van der Waals surface area contributed by atoms with Crippen molar-refractivity contribution < 1.29 is 13.9 Å². The number of carbonyl (C=O) groups is 1. The number of ether oxygens (including phenoxy) is 1. The van der Waals surface area contributed by atoms with Crippen molar-refractivity contribution in [2.24, 2.45) is 0 Å². The van der Waals surface area contributed by atoms with Crippen molar-refractivity contribution in [1.82, 2.24) is 15.5 Å². The van der Waals surface area contributed by atoms with Crippen molar-refractivity contribution in [1.29, 1.82) is 0 Å². The number of benzene rings is 2. The smallest absolute Gasteiger partial charge is 0.255 e. The van der Waals surface area contributed by atoms with Crippen LogP contribution in [0.1, 0.15) is 28.9 Å². The SMILES string of the molecule is COc1ccc(C(C)NC(=O)c2cn[nH]c2-c2ccc(Cl)cc2)cc1F. The van der Waals surface area contributed by atoms with Gasteiger partial charge in [-0.2, -0.15) is 5.10 Å². The summed E-state index contributed by atoms with van der Waals surface area (Å²) in [6.07, 6.45) is 1.46. The van der Waals surface area contributed by atoms with Gasteiger partial charge in [0.2, 0.25) is 0 Å². The van der Waals surface area contributed by atoms with E-state index in [2.05, 4.69) is 15.5 Å². The number of nitrogens with zero attached hydrogens (tertiary/aromatic N) is 1. The largest absolute Gasteiger partial charge is 0.494 e. The molecule has 3 aromatic rings. The number of hydrogen-bond donors (Lipinski definition) is 2. The molecule has 0 aliphatic carbocycles. The lowest BCUT2D eigenvalue weighted by Gasteiger charge is -2.15. The first-order chi connectivity index (χ1) is 12.5. The summed E-state index contributed by atoms with van der Waals surface area (Å²) in [6.45, 7) is 1.78. The zero-order chi connectivity index (χ0) is 18.7. The van der Waals surface area contributed by atoms with Crippen LogP contribution >= 0.6 is 11.6 Å². The van der Waals surface area contributed by atoms with E-state index in [9.17, 15) is 9.18 Å². The highest BCUT2D eigenvalue weighted by Gasteiger charge is 2.18. The zero-order valence-electron chi connectivity index (χ0n) is 14.2. The molecule has 0 saturated heterocycles. The van der Waals surface area contributed by atoms with Crippen molar-refractivity contribution >= 4 is 17.5 Å². The minimum atomic E-state index is -0.476. The number of carbonyl (C=O) groups excluding carboxylic acids is 1. The summed E-state index contributed by atoms with van der Waals surface area (Å²) in [5.41, 5.74) is 2.41. The van der Waals surface area contributed by atoms with E-state index in [4.69, 9.17) is 16.3 Å². The second-order valence-corrected chi connectivity index (χ2v) is 6.19.